The van der Waals surface area contributed by atoms with Crippen molar-refractivity contribution in [1.29, 1.82) is 0 Å². The Kier molecular flexibility index (Phi) is 14.2. The average Bonchev–Trinajstić information content (AvgIpc) is 3.02. The number of carbonyl (C=O) groups excluding carboxylic acids is 4. The smallest absolute Gasteiger partial charge is 0.243 e. The first kappa shape index (κ1) is 34.6. The van der Waals surface area contributed by atoms with E-state index in [1.54, 1.807) is 4.90 Å². The van der Waals surface area contributed by atoms with Crippen LogP contribution in [0.3, 0.4) is 0 Å². The molecule has 0 aromatic heterocycles. The lowest BCUT2D eigenvalue weighted by atomic mass is 9.94. The van der Waals surface area contributed by atoms with Crippen LogP contribution in [0, 0.1) is 12.8 Å². The minimum atomic E-state index is -1.07. The Balaban J connectivity index is 0.00000124. The second-order valence-corrected chi connectivity index (χ2v) is 11.8. The topological polar surface area (TPSA) is 117 Å². The minimum absolute atomic E-state index is 0.161. The molecule has 0 saturated carbocycles. The lowest BCUT2D eigenvalue weighted by Gasteiger charge is -2.34. The highest BCUT2D eigenvalue weighted by atomic mass is 16.5. The van der Waals surface area contributed by atoms with Crippen LogP contribution in [0.15, 0.2) is 48.5 Å². The third-order valence-corrected chi connectivity index (χ3v) is 8.21. The molecule has 4 rings (SSSR count). The second kappa shape index (κ2) is 18.0. The molecule has 4 bridgehead atoms. The Bertz CT molecular complexity index is 1230. The summed E-state index contributed by atoms with van der Waals surface area (Å²) >= 11 is 0. The lowest BCUT2D eigenvalue weighted by Crippen LogP contribution is -2.55. The highest BCUT2D eigenvalue weighted by Gasteiger charge is 2.31. The number of ether oxygens (including phenoxy) is 1. The zero-order valence-corrected chi connectivity index (χ0v) is 26.8. The van der Waals surface area contributed by atoms with Crippen molar-refractivity contribution >= 4 is 23.6 Å². The monoisotopic (exact) mass is 606 g/mol. The van der Waals surface area contributed by atoms with Crippen molar-refractivity contribution in [3.05, 3.63) is 65.2 Å². The average molecular weight is 607 g/mol. The van der Waals surface area contributed by atoms with Crippen LogP contribution in [-0.2, 0) is 32.1 Å². The maximum Gasteiger partial charge on any atom is 0.243 e. The first-order chi connectivity index (χ1) is 21.2. The normalized spacial score (nSPS) is 21.3. The van der Waals surface area contributed by atoms with Crippen LogP contribution in [-0.4, -0.2) is 60.3 Å². The van der Waals surface area contributed by atoms with Crippen molar-refractivity contribution in [2.75, 3.05) is 19.7 Å². The van der Waals surface area contributed by atoms with Gasteiger partial charge in [0.15, 0.2) is 0 Å². The molecule has 1 fully saturated rings. The number of rotatable bonds is 5. The molecule has 4 amide bonds. The quantitative estimate of drug-likeness (QED) is 0.465. The van der Waals surface area contributed by atoms with Crippen LogP contribution < -0.4 is 20.7 Å². The number of benzene rings is 2. The molecule has 9 heteroatoms. The van der Waals surface area contributed by atoms with Crippen LogP contribution in [0.25, 0.3) is 0 Å². The number of piperidine rings is 1. The van der Waals surface area contributed by atoms with Gasteiger partial charge < -0.3 is 25.6 Å². The fraction of sp³-hybridized carbons (Fsp3) is 0.543. The molecule has 2 aromatic rings. The molecule has 2 heterocycles. The summed E-state index contributed by atoms with van der Waals surface area (Å²) in [7, 11) is 0. The van der Waals surface area contributed by atoms with Crippen molar-refractivity contribution in [3.8, 4) is 5.75 Å². The maximum atomic E-state index is 13.4. The molecule has 3 atom stereocenters. The predicted molar refractivity (Wildman–Crippen MR) is 172 cm³/mol. The largest absolute Gasteiger partial charge is 0.494 e. The van der Waals surface area contributed by atoms with Crippen molar-refractivity contribution in [2.45, 2.75) is 97.7 Å². The summed E-state index contributed by atoms with van der Waals surface area (Å²) in [5.74, 6) is -0.428. The van der Waals surface area contributed by atoms with Gasteiger partial charge >= 0.3 is 0 Å². The number of hydrogen-bond donors (Lipinski definition) is 3. The van der Waals surface area contributed by atoms with Gasteiger partial charge in [-0.05, 0) is 73.8 Å². The number of nitrogens with zero attached hydrogens (tertiary/aromatic N) is 1. The Morgan fingerprint density at radius 1 is 1.02 bits per heavy atom. The first-order valence-corrected chi connectivity index (χ1v) is 16.1. The van der Waals surface area contributed by atoms with Gasteiger partial charge in [0.05, 0.1) is 13.0 Å². The molecule has 240 valence electrons. The summed E-state index contributed by atoms with van der Waals surface area (Å²) in [6.07, 6.45) is 6.10. The van der Waals surface area contributed by atoms with E-state index in [9.17, 15) is 19.2 Å². The van der Waals surface area contributed by atoms with Gasteiger partial charge in [-0.15, -0.1) is 0 Å². The van der Waals surface area contributed by atoms with Crippen molar-refractivity contribution in [3.63, 3.8) is 0 Å². The molecule has 2 aliphatic heterocycles. The van der Waals surface area contributed by atoms with E-state index in [0.717, 1.165) is 41.7 Å². The number of nitrogens with one attached hydrogen (secondary N) is 3. The van der Waals surface area contributed by atoms with Crippen LogP contribution in [0.1, 0.15) is 82.4 Å². The zero-order valence-electron chi connectivity index (χ0n) is 26.8. The Morgan fingerprint density at radius 3 is 2.48 bits per heavy atom. The molecule has 3 N–H and O–H groups in total. The van der Waals surface area contributed by atoms with E-state index < -0.39 is 23.9 Å². The third-order valence-electron chi connectivity index (χ3n) is 8.21. The lowest BCUT2D eigenvalue weighted by molar-refractivity contribution is -0.138. The number of aryl methyl sites for hydroxylation is 2. The number of unbranched alkanes of at least 4 members (excludes halogenated alkanes) is 1. The van der Waals surface area contributed by atoms with Gasteiger partial charge in [-0.3, -0.25) is 19.2 Å². The van der Waals surface area contributed by atoms with Gasteiger partial charge in [-0.1, -0.05) is 63.1 Å². The van der Waals surface area contributed by atoms with Gasteiger partial charge in [-0.2, -0.15) is 0 Å². The maximum absolute atomic E-state index is 13.4. The van der Waals surface area contributed by atoms with E-state index in [-0.39, 0.29) is 24.8 Å². The molecule has 0 aliphatic carbocycles. The van der Waals surface area contributed by atoms with Crippen LogP contribution >= 0.6 is 0 Å². The zero-order chi connectivity index (χ0) is 31.9. The molecular weight excluding hydrogens is 556 g/mol. The van der Waals surface area contributed by atoms with E-state index in [0.29, 0.717) is 38.5 Å². The van der Waals surface area contributed by atoms with Crippen LogP contribution in [0.2, 0.25) is 0 Å². The Morgan fingerprint density at radius 2 is 1.77 bits per heavy atom. The summed E-state index contributed by atoms with van der Waals surface area (Å²) in [6.45, 7) is 9.69. The van der Waals surface area contributed by atoms with E-state index in [1.807, 2.05) is 55.5 Å². The van der Waals surface area contributed by atoms with E-state index in [2.05, 4.69) is 29.8 Å². The Labute approximate surface area is 262 Å². The van der Waals surface area contributed by atoms with Gasteiger partial charge in [-0.25, -0.2) is 0 Å². The van der Waals surface area contributed by atoms with Crippen molar-refractivity contribution in [1.82, 2.24) is 20.9 Å². The standard InChI is InChI=1S/C31H40N4O5.C4H10/c1-21-10-12-26-17-25(21)19-32-30(38)27(13-11-23-7-4-3-5-8-23)34-31(39)28(33-22(2)36)18-29(37)35-15-6-9-24(20-35)14-16-40-26;1-3-4-2/h3-5,7-8,10,12,17,24,27-28H,6,9,11,13-16,18-20H2,1-2H3,(H,32,38)(H,33,36)(H,34,39);3-4H2,1-2H3/t24?,27?,28-;/m0./s1. The highest BCUT2D eigenvalue weighted by Crippen LogP contribution is 2.23. The molecule has 2 aromatic carbocycles. The van der Waals surface area contributed by atoms with E-state index >= 15 is 0 Å². The van der Waals surface area contributed by atoms with Crippen molar-refractivity contribution in [2.24, 2.45) is 5.92 Å². The summed E-state index contributed by atoms with van der Waals surface area (Å²) in [6, 6.07) is 13.7. The fourth-order valence-corrected chi connectivity index (χ4v) is 5.36. The Hall–Kier alpha value is -3.88. The van der Waals surface area contributed by atoms with E-state index in [4.69, 9.17) is 4.74 Å². The highest BCUT2D eigenvalue weighted by molar-refractivity contribution is 5.94. The van der Waals surface area contributed by atoms with Crippen molar-refractivity contribution < 1.29 is 23.9 Å². The summed E-state index contributed by atoms with van der Waals surface area (Å²) in [4.78, 5) is 53.8. The molecule has 2 aliphatic rings. The van der Waals surface area contributed by atoms with Gasteiger partial charge in [0.1, 0.15) is 17.8 Å². The number of amides is 4. The summed E-state index contributed by atoms with van der Waals surface area (Å²) in [5, 5.41) is 8.43. The molecule has 0 radical (unpaired) electrons. The molecule has 44 heavy (non-hydrogen) atoms. The van der Waals surface area contributed by atoms with E-state index in [1.165, 1.54) is 19.8 Å². The predicted octanol–water partition coefficient (Wildman–Crippen LogP) is 4.45. The molecule has 1 saturated heterocycles. The van der Waals surface area contributed by atoms with Gasteiger partial charge in [0.25, 0.3) is 0 Å². The number of carbonyl (C=O) groups is 4. The van der Waals surface area contributed by atoms with Crippen LogP contribution in [0.5, 0.6) is 5.75 Å². The summed E-state index contributed by atoms with van der Waals surface area (Å²) < 4.78 is 6.05. The van der Waals surface area contributed by atoms with Gasteiger partial charge in [0, 0.05) is 26.6 Å². The summed E-state index contributed by atoms with van der Waals surface area (Å²) in [5.41, 5.74) is 3.00. The molecule has 9 nitrogen and oxygen atoms in total. The van der Waals surface area contributed by atoms with Gasteiger partial charge in [0.2, 0.25) is 23.6 Å². The minimum Gasteiger partial charge on any atom is -0.494 e. The molecular formula is C35H50N4O5. The molecule has 2 unspecified atom stereocenters. The molecule has 0 spiro atoms. The third kappa shape index (κ3) is 11.3. The first-order valence-electron chi connectivity index (χ1n) is 16.1. The number of fused-ring (bicyclic) bond motifs is 4. The number of hydrogen-bond acceptors (Lipinski definition) is 5. The fourth-order valence-electron chi connectivity index (χ4n) is 5.36. The second-order valence-electron chi connectivity index (χ2n) is 11.8. The SMILES string of the molecule is CC(=O)N[C@H]1CC(=O)N2CCCC(CCOc3ccc(C)c(c3)CNC(=O)C(CCc3ccccc3)NC1=O)C2.CCCC. The van der Waals surface area contributed by atoms with Crippen LogP contribution in [0.4, 0.5) is 0 Å².